The van der Waals surface area contributed by atoms with Gasteiger partial charge in [-0.15, -0.1) is 0 Å². The number of nitrogens with zero attached hydrogens (tertiary/aromatic N) is 5. The summed E-state index contributed by atoms with van der Waals surface area (Å²) >= 11 is 0. The maximum absolute atomic E-state index is 13.4. The van der Waals surface area contributed by atoms with Crippen molar-refractivity contribution in [2.45, 2.75) is 63.1 Å². The average molecular weight is 552 g/mol. The Balaban J connectivity index is 1.40. The third kappa shape index (κ3) is 5.57. The molecular formula is C29H41N7O4. The van der Waals surface area contributed by atoms with E-state index in [2.05, 4.69) is 32.5 Å². The number of aromatic nitrogens is 2. The van der Waals surface area contributed by atoms with Gasteiger partial charge in [0, 0.05) is 31.8 Å². The number of rotatable bonds is 7. The molecule has 11 nitrogen and oxygen atoms in total. The Kier molecular flexibility index (Phi) is 8.14. The molecule has 1 unspecified atom stereocenters. The lowest BCUT2D eigenvalue weighted by Crippen LogP contribution is -2.53. The maximum Gasteiger partial charge on any atom is 0.260 e. The van der Waals surface area contributed by atoms with Crippen molar-refractivity contribution in [1.29, 1.82) is 0 Å². The van der Waals surface area contributed by atoms with Gasteiger partial charge in [0.1, 0.15) is 11.4 Å². The van der Waals surface area contributed by atoms with Crippen LogP contribution in [0.25, 0.3) is 0 Å². The highest BCUT2D eigenvalue weighted by atomic mass is 16.5. The second kappa shape index (κ2) is 11.6. The fourth-order valence-corrected chi connectivity index (χ4v) is 5.95. The summed E-state index contributed by atoms with van der Waals surface area (Å²) in [6.45, 7) is 4.20. The molecule has 40 heavy (non-hydrogen) atoms. The number of carbonyl (C=O) groups is 2. The molecule has 1 atom stereocenters. The van der Waals surface area contributed by atoms with Crippen LogP contribution in [0, 0.1) is 0 Å². The van der Waals surface area contributed by atoms with Crippen LogP contribution in [0.5, 0.6) is 5.75 Å². The van der Waals surface area contributed by atoms with Crippen LogP contribution in [0.3, 0.4) is 0 Å². The van der Waals surface area contributed by atoms with Crippen molar-refractivity contribution in [3.05, 3.63) is 30.0 Å². The lowest BCUT2D eigenvalue weighted by Gasteiger charge is -2.35. The van der Waals surface area contributed by atoms with Gasteiger partial charge in [-0.3, -0.25) is 9.59 Å². The minimum Gasteiger partial charge on any atom is -0.495 e. The van der Waals surface area contributed by atoms with Gasteiger partial charge in [0.25, 0.3) is 11.8 Å². The van der Waals surface area contributed by atoms with E-state index in [1.165, 1.54) is 0 Å². The van der Waals surface area contributed by atoms with Crippen molar-refractivity contribution in [2.75, 3.05) is 63.1 Å². The first kappa shape index (κ1) is 28.1. The van der Waals surface area contributed by atoms with Crippen LogP contribution in [0.1, 0.15) is 55.8 Å². The van der Waals surface area contributed by atoms with Gasteiger partial charge in [-0.1, -0.05) is 12.8 Å². The van der Waals surface area contributed by atoms with E-state index in [1.807, 2.05) is 13.0 Å². The molecule has 2 aliphatic heterocycles. The molecule has 3 aliphatic rings. The number of methoxy groups -OCH3 is 2. The van der Waals surface area contributed by atoms with E-state index < -0.39 is 5.60 Å². The lowest BCUT2D eigenvalue weighted by molar-refractivity contribution is -0.137. The Bertz CT molecular complexity index is 1240. The molecule has 2 fully saturated rings. The molecule has 2 aromatic rings. The Morgan fingerprint density at radius 1 is 1.10 bits per heavy atom. The SMILES string of the molecule is COc1cc(C(=O)NC2CCN(C)CC2)ccc1Nc1ncc2c(n1)N(C1CCCC1)CC(C)(OC)C(=O)N2C. The van der Waals surface area contributed by atoms with Crippen LogP contribution in [-0.2, 0) is 9.53 Å². The lowest BCUT2D eigenvalue weighted by atomic mass is 10.0. The predicted octanol–water partition coefficient (Wildman–Crippen LogP) is 3.18. The molecule has 2 N–H and O–H groups in total. The van der Waals surface area contributed by atoms with E-state index in [9.17, 15) is 9.59 Å². The Morgan fingerprint density at radius 2 is 1.82 bits per heavy atom. The number of anilines is 4. The monoisotopic (exact) mass is 551 g/mol. The fourth-order valence-electron chi connectivity index (χ4n) is 5.95. The van der Waals surface area contributed by atoms with E-state index in [-0.39, 0.29) is 23.9 Å². The smallest absolute Gasteiger partial charge is 0.260 e. The van der Waals surface area contributed by atoms with Gasteiger partial charge < -0.3 is 34.8 Å². The van der Waals surface area contributed by atoms with Gasteiger partial charge in [0.15, 0.2) is 11.4 Å². The normalized spacial score (nSPS) is 22.7. The molecule has 216 valence electrons. The van der Waals surface area contributed by atoms with E-state index in [0.29, 0.717) is 41.0 Å². The molecule has 1 aromatic heterocycles. The van der Waals surface area contributed by atoms with Gasteiger partial charge in [-0.05, 0) is 70.9 Å². The molecule has 1 saturated carbocycles. The summed E-state index contributed by atoms with van der Waals surface area (Å²) in [5, 5.41) is 6.43. The number of hydrogen-bond donors (Lipinski definition) is 2. The maximum atomic E-state index is 13.4. The number of piperidine rings is 1. The average Bonchev–Trinajstić information content (AvgIpc) is 3.49. The number of likely N-dealkylation sites (N-methyl/N-ethyl adjacent to an activating group) is 1. The fraction of sp³-hybridized carbons (Fsp3) is 0.586. The second-order valence-electron chi connectivity index (χ2n) is 11.4. The van der Waals surface area contributed by atoms with Crippen molar-refractivity contribution >= 4 is 35.0 Å². The van der Waals surface area contributed by atoms with Gasteiger partial charge >= 0.3 is 0 Å². The van der Waals surface area contributed by atoms with Gasteiger partial charge in [-0.25, -0.2) is 4.98 Å². The van der Waals surface area contributed by atoms with Gasteiger partial charge in [0.05, 0.1) is 25.5 Å². The van der Waals surface area contributed by atoms with E-state index in [0.717, 1.165) is 51.6 Å². The third-order valence-electron chi connectivity index (χ3n) is 8.59. The highest BCUT2D eigenvalue weighted by molar-refractivity contribution is 6.03. The number of likely N-dealkylation sites (tertiary alicyclic amines) is 1. The summed E-state index contributed by atoms with van der Waals surface area (Å²) < 4.78 is 11.4. The summed E-state index contributed by atoms with van der Waals surface area (Å²) in [6.07, 6.45) is 7.94. The Labute approximate surface area is 236 Å². The molecule has 0 radical (unpaired) electrons. The van der Waals surface area contributed by atoms with Crippen LogP contribution in [0.4, 0.5) is 23.1 Å². The summed E-state index contributed by atoms with van der Waals surface area (Å²) in [5.41, 5.74) is 0.830. The molecule has 0 spiro atoms. The highest BCUT2D eigenvalue weighted by Gasteiger charge is 2.44. The predicted molar refractivity (Wildman–Crippen MR) is 155 cm³/mol. The van der Waals surface area contributed by atoms with Crippen molar-refractivity contribution < 1.29 is 19.1 Å². The van der Waals surface area contributed by atoms with E-state index >= 15 is 0 Å². The molecule has 1 saturated heterocycles. The second-order valence-corrected chi connectivity index (χ2v) is 11.4. The molecule has 3 heterocycles. The van der Waals surface area contributed by atoms with Crippen LogP contribution in [-0.4, -0.2) is 92.3 Å². The van der Waals surface area contributed by atoms with Crippen LogP contribution in [0.2, 0.25) is 0 Å². The molecule has 1 aromatic carbocycles. The summed E-state index contributed by atoms with van der Waals surface area (Å²) in [6, 6.07) is 5.77. The minimum absolute atomic E-state index is 0.109. The van der Waals surface area contributed by atoms with Crippen LogP contribution >= 0.6 is 0 Å². The van der Waals surface area contributed by atoms with Crippen molar-refractivity contribution in [1.82, 2.24) is 20.2 Å². The van der Waals surface area contributed by atoms with Gasteiger partial charge in [0.2, 0.25) is 5.95 Å². The van der Waals surface area contributed by atoms with Crippen molar-refractivity contribution in [3.8, 4) is 5.75 Å². The van der Waals surface area contributed by atoms with Crippen LogP contribution < -0.4 is 25.2 Å². The number of ether oxygens (including phenoxy) is 2. The van der Waals surface area contributed by atoms with E-state index in [4.69, 9.17) is 14.5 Å². The third-order valence-corrected chi connectivity index (χ3v) is 8.59. The molecule has 5 rings (SSSR count). The topological polar surface area (TPSA) is 112 Å². The highest BCUT2D eigenvalue weighted by Crippen LogP contribution is 2.39. The first-order valence-corrected chi connectivity index (χ1v) is 14.1. The summed E-state index contributed by atoms with van der Waals surface area (Å²) in [4.78, 5) is 41.8. The zero-order chi connectivity index (χ0) is 28.4. The standard InChI is InChI=1S/C29H41N7O4/c1-29(40-5)18-36(21-8-6-7-9-21)25-23(35(3)27(29)38)17-30-28(33-25)32-22-11-10-19(16-24(22)39-4)26(37)31-20-12-14-34(2)15-13-20/h10-11,16-17,20-21H,6-9,12-15,18H2,1-5H3,(H,31,37)(H,30,32,33). The minimum atomic E-state index is -1.00. The largest absolute Gasteiger partial charge is 0.495 e. The molecule has 0 bridgehead atoms. The van der Waals surface area contributed by atoms with E-state index in [1.54, 1.807) is 44.5 Å². The molecule has 11 heteroatoms. The van der Waals surface area contributed by atoms with Crippen molar-refractivity contribution in [2.24, 2.45) is 0 Å². The van der Waals surface area contributed by atoms with Crippen LogP contribution in [0.15, 0.2) is 24.4 Å². The quantitative estimate of drug-likeness (QED) is 0.536. The number of fused-ring (bicyclic) bond motifs is 1. The number of amides is 2. The Morgan fingerprint density at radius 3 is 2.50 bits per heavy atom. The number of hydrogen-bond acceptors (Lipinski definition) is 9. The zero-order valence-electron chi connectivity index (χ0n) is 24.2. The first-order valence-electron chi connectivity index (χ1n) is 14.1. The number of benzene rings is 1. The zero-order valence-corrected chi connectivity index (χ0v) is 24.2. The first-order chi connectivity index (χ1) is 19.2. The molecule has 2 amide bonds. The summed E-state index contributed by atoms with van der Waals surface area (Å²) in [7, 11) is 7.00. The van der Waals surface area contributed by atoms with Crippen molar-refractivity contribution in [3.63, 3.8) is 0 Å². The number of carbonyl (C=O) groups excluding carboxylic acids is 2. The Hall–Kier alpha value is -3.44. The molecule has 1 aliphatic carbocycles. The number of nitrogens with one attached hydrogen (secondary N) is 2. The summed E-state index contributed by atoms with van der Waals surface area (Å²) in [5.74, 6) is 1.36. The molecular weight excluding hydrogens is 510 g/mol. The van der Waals surface area contributed by atoms with Gasteiger partial charge in [-0.2, -0.15) is 4.98 Å².